The molecule has 0 aliphatic heterocycles. The molecule has 1 aliphatic rings. The van der Waals surface area contributed by atoms with Gasteiger partial charge in [-0.05, 0) is 75.9 Å². The predicted molar refractivity (Wildman–Crippen MR) is 132 cm³/mol. The summed E-state index contributed by atoms with van der Waals surface area (Å²) in [6, 6.07) is 12.9. The van der Waals surface area contributed by atoms with Gasteiger partial charge in [0.15, 0.2) is 0 Å². The van der Waals surface area contributed by atoms with Crippen LogP contribution in [0.1, 0.15) is 58.9 Å². The molecule has 0 heterocycles. The van der Waals surface area contributed by atoms with E-state index < -0.39 is 0 Å². The third-order valence-corrected chi connectivity index (χ3v) is 6.17. The highest BCUT2D eigenvalue weighted by Gasteiger charge is 2.21. The van der Waals surface area contributed by atoms with Crippen molar-refractivity contribution in [3.63, 3.8) is 0 Å². The van der Waals surface area contributed by atoms with Gasteiger partial charge >= 0.3 is 0 Å². The third-order valence-electron chi connectivity index (χ3n) is 6.17. The van der Waals surface area contributed by atoms with Crippen molar-refractivity contribution in [3.05, 3.63) is 47.5 Å². The maximum atomic E-state index is 12.8. The summed E-state index contributed by atoms with van der Waals surface area (Å²) in [5.74, 6) is 1.46. The molecule has 172 valence electrons. The van der Waals surface area contributed by atoms with Crippen LogP contribution in [0, 0.1) is 0 Å². The number of nitrogens with one attached hydrogen (secondary N) is 2. The Labute approximate surface area is 192 Å². The topological polar surface area (TPSA) is 59.6 Å². The van der Waals surface area contributed by atoms with Crippen LogP contribution in [0.2, 0.25) is 0 Å². The van der Waals surface area contributed by atoms with Crippen LogP contribution in [0.15, 0.2) is 42.0 Å². The van der Waals surface area contributed by atoms with Gasteiger partial charge in [0.25, 0.3) is 0 Å². The van der Waals surface area contributed by atoms with Gasteiger partial charge in [0.2, 0.25) is 5.91 Å². The minimum atomic E-state index is -0.00672. The van der Waals surface area contributed by atoms with E-state index in [1.165, 1.54) is 12.8 Å². The Morgan fingerprint density at radius 1 is 0.969 bits per heavy atom. The Morgan fingerprint density at radius 2 is 1.59 bits per heavy atom. The van der Waals surface area contributed by atoms with E-state index in [9.17, 15) is 4.79 Å². The summed E-state index contributed by atoms with van der Waals surface area (Å²) in [5.41, 5.74) is 5.52. The fraction of sp³-hybridized carbons (Fsp3) is 0.444. The van der Waals surface area contributed by atoms with Crippen molar-refractivity contribution in [2.24, 2.45) is 0 Å². The molecule has 0 unspecified atom stereocenters. The molecule has 0 atom stereocenters. The molecule has 1 fully saturated rings. The zero-order valence-electron chi connectivity index (χ0n) is 20.2. The number of hydrogen-bond donors (Lipinski definition) is 2. The number of hydrogen-bond acceptors (Lipinski definition) is 4. The van der Waals surface area contributed by atoms with Crippen LogP contribution in [-0.4, -0.2) is 32.2 Å². The van der Waals surface area contributed by atoms with Crippen molar-refractivity contribution in [1.29, 1.82) is 0 Å². The van der Waals surface area contributed by atoms with Gasteiger partial charge in [-0.1, -0.05) is 25.0 Å². The van der Waals surface area contributed by atoms with Gasteiger partial charge in [0.05, 0.1) is 14.2 Å². The fourth-order valence-corrected chi connectivity index (χ4v) is 4.23. The van der Waals surface area contributed by atoms with Crippen LogP contribution in [0.3, 0.4) is 0 Å². The zero-order valence-corrected chi connectivity index (χ0v) is 20.2. The molecule has 0 saturated heterocycles. The Bertz CT molecular complexity index is 971. The quantitative estimate of drug-likeness (QED) is 0.495. The average Bonchev–Trinajstić information content (AvgIpc) is 3.30. The van der Waals surface area contributed by atoms with E-state index >= 15 is 0 Å². The molecule has 0 aromatic heterocycles. The molecule has 5 heteroatoms. The number of benzene rings is 2. The lowest BCUT2D eigenvalue weighted by Crippen LogP contribution is -2.33. The first-order valence-electron chi connectivity index (χ1n) is 11.5. The first kappa shape index (κ1) is 23.7. The van der Waals surface area contributed by atoms with Crippen LogP contribution < -0.4 is 20.1 Å². The molecule has 1 saturated carbocycles. The number of methoxy groups -OCH3 is 2. The van der Waals surface area contributed by atoms with Gasteiger partial charge in [0.1, 0.15) is 11.5 Å². The lowest BCUT2D eigenvalue weighted by Gasteiger charge is -2.18. The lowest BCUT2D eigenvalue weighted by atomic mass is 9.95. The summed E-state index contributed by atoms with van der Waals surface area (Å²) >= 11 is 0. The van der Waals surface area contributed by atoms with E-state index in [2.05, 4.69) is 48.7 Å². The molecule has 1 amide bonds. The van der Waals surface area contributed by atoms with Gasteiger partial charge in [-0.2, -0.15) is 0 Å². The van der Waals surface area contributed by atoms with Crippen molar-refractivity contribution in [2.45, 2.75) is 65.5 Å². The SMILES string of the molecule is COc1cc(-c2ccc(NC(C)C)cc2)c(OC)cc1C(C)=C(C)C(=O)NC1CCCC1. The van der Waals surface area contributed by atoms with E-state index in [4.69, 9.17) is 9.47 Å². The van der Waals surface area contributed by atoms with E-state index in [1.54, 1.807) is 14.2 Å². The second-order valence-corrected chi connectivity index (χ2v) is 8.83. The molecule has 0 spiro atoms. The third kappa shape index (κ3) is 5.45. The lowest BCUT2D eigenvalue weighted by molar-refractivity contribution is -0.118. The summed E-state index contributed by atoms with van der Waals surface area (Å²) < 4.78 is 11.5. The van der Waals surface area contributed by atoms with E-state index in [0.29, 0.717) is 11.6 Å². The summed E-state index contributed by atoms with van der Waals surface area (Å²) in [4.78, 5) is 12.8. The summed E-state index contributed by atoms with van der Waals surface area (Å²) in [6.45, 7) is 8.07. The minimum absolute atomic E-state index is 0.00672. The Kier molecular flexibility index (Phi) is 7.84. The minimum Gasteiger partial charge on any atom is -0.496 e. The van der Waals surface area contributed by atoms with Crippen molar-refractivity contribution in [1.82, 2.24) is 5.32 Å². The van der Waals surface area contributed by atoms with Crippen molar-refractivity contribution >= 4 is 17.2 Å². The maximum Gasteiger partial charge on any atom is 0.247 e. The van der Waals surface area contributed by atoms with E-state index in [-0.39, 0.29) is 11.9 Å². The smallest absolute Gasteiger partial charge is 0.247 e. The first-order chi connectivity index (χ1) is 15.3. The standard InChI is InChI=1S/C27H36N2O3/c1-17(2)28-22-13-11-20(12-14-22)24-16-25(31-5)23(15-26(24)32-6)18(3)19(4)27(30)29-21-9-7-8-10-21/h11-17,21,28H,7-10H2,1-6H3,(H,29,30). The molecule has 2 aromatic rings. The summed E-state index contributed by atoms with van der Waals surface area (Å²) in [7, 11) is 3.33. The van der Waals surface area contributed by atoms with Crippen molar-refractivity contribution in [3.8, 4) is 22.6 Å². The van der Waals surface area contributed by atoms with Crippen LogP contribution in [-0.2, 0) is 4.79 Å². The molecule has 5 nitrogen and oxygen atoms in total. The second kappa shape index (κ2) is 10.6. The first-order valence-corrected chi connectivity index (χ1v) is 11.5. The van der Waals surface area contributed by atoms with Gasteiger partial charge in [-0.3, -0.25) is 4.79 Å². The number of carbonyl (C=O) groups excluding carboxylic acids is 1. The molecule has 3 rings (SSSR count). The fourth-order valence-electron chi connectivity index (χ4n) is 4.23. The second-order valence-electron chi connectivity index (χ2n) is 8.83. The number of amides is 1. The number of ether oxygens (including phenoxy) is 2. The molecule has 0 bridgehead atoms. The van der Waals surface area contributed by atoms with Gasteiger partial charge in [-0.15, -0.1) is 0 Å². The molecule has 2 N–H and O–H groups in total. The molecular formula is C27H36N2O3. The number of rotatable bonds is 8. The van der Waals surface area contributed by atoms with Crippen LogP contribution >= 0.6 is 0 Å². The van der Waals surface area contributed by atoms with Crippen LogP contribution in [0.5, 0.6) is 11.5 Å². The molecular weight excluding hydrogens is 400 g/mol. The molecule has 1 aliphatic carbocycles. The molecule has 0 radical (unpaired) electrons. The Morgan fingerprint density at radius 3 is 2.16 bits per heavy atom. The maximum absolute atomic E-state index is 12.8. The van der Waals surface area contributed by atoms with Gasteiger partial charge in [-0.25, -0.2) is 0 Å². The largest absolute Gasteiger partial charge is 0.496 e. The highest BCUT2D eigenvalue weighted by molar-refractivity contribution is 6.01. The average molecular weight is 437 g/mol. The Balaban J connectivity index is 1.95. The Hall–Kier alpha value is -2.95. The van der Waals surface area contributed by atoms with Crippen LogP contribution in [0.25, 0.3) is 16.7 Å². The van der Waals surface area contributed by atoms with Gasteiger partial charge < -0.3 is 20.1 Å². The zero-order chi connectivity index (χ0) is 23.3. The van der Waals surface area contributed by atoms with Crippen LogP contribution in [0.4, 0.5) is 5.69 Å². The van der Waals surface area contributed by atoms with Gasteiger partial charge in [0, 0.05) is 34.5 Å². The number of anilines is 1. The predicted octanol–water partition coefficient (Wildman–Crippen LogP) is 6.04. The monoisotopic (exact) mass is 436 g/mol. The number of carbonyl (C=O) groups is 1. The summed E-state index contributed by atoms with van der Waals surface area (Å²) in [5, 5.41) is 6.58. The van der Waals surface area contributed by atoms with Crippen molar-refractivity contribution < 1.29 is 14.3 Å². The molecule has 2 aromatic carbocycles. The normalized spacial score (nSPS) is 14.8. The number of allylic oxidation sites excluding steroid dienone is 1. The van der Waals surface area contributed by atoms with E-state index in [0.717, 1.165) is 52.3 Å². The molecule has 32 heavy (non-hydrogen) atoms. The highest BCUT2D eigenvalue weighted by atomic mass is 16.5. The summed E-state index contributed by atoms with van der Waals surface area (Å²) in [6.07, 6.45) is 4.51. The van der Waals surface area contributed by atoms with Crippen molar-refractivity contribution in [2.75, 3.05) is 19.5 Å². The van der Waals surface area contributed by atoms with E-state index in [1.807, 2.05) is 26.0 Å². The highest BCUT2D eigenvalue weighted by Crippen LogP contribution is 2.40.